The van der Waals surface area contributed by atoms with Gasteiger partial charge in [-0.2, -0.15) is 0 Å². The van der Waals surface area contributed by atoms with Gasteiger partial charge in [0.15, 0.2) is 0 Å². The zero-order valence-corrected chi connectivity index (χ0v) is 26.1. The molecule has 0 aliphatic heterocycles. The van der Waals surface area contributed by atoms with E-state index >= 15 is 0 Å². The molecule has 0 saturated carbocycles. The molecule has 0 amide bonds. The Morgan fingerprint density at radius 1 is 0.391 bits per heavy atom. The molecule has 2 heteroatoms. The van der Waals surface area contributed by atoms with Gasteiger partial charge in [-0.15, -0.1) is 0 Å². The predicted octanol–water partition coefficient (Wildman–Crippen LogP) is 11.9. The van der Waals surface area contributed by atoms with Crippen molar-refractivity contribution in [2.45, 2.75) is 19.3 Å². The Balaban J connectivity index is 1.34. The number of nitrogens with zero attached hydrogens (tertiary/aromatic N) is 2. The normalized spacial score (nSPS) is 12.7. The first-order valence-electron chi connectivity index (χ1n) is 15.9. The monoisotopic (exact) mass is 590 g/mol. The molecule has 6 aromatic carbocycles. The maximum Gasteiger partial charge on any atom is 0.0473 e. The molecule has 8 rings (SSSR count). The third-order valence-corrected chi connectivity index (χ3v) is 9.35. The van der Waals surface area contributed by atoms with E-state index in [0.717, 1.165) is 22.6 Å². The summed E-state index contributed by atoms with van der Waals surface area (Å²) in [6, 6.07) is 57.2. The Morgan fingerprint density at radius 2 is 0.913 bits per heavy atom. The third kappa shape index (κ3) is 4.89. The molecule has 0 bridgehead atoms. The van der Waals surface area contributed by atoms with E-state index in [0.29, 0.717) is 0 Å². The summed E-state index contributed by atoms with van der Waals surface area (Å²) in [4.78, 5) is 6.62. The number of rotatable bonds is 6. The number of fused-ring (bicyclic) bond motifs is 3. The highest BCUT2D eigenvalue weighted by Gasteiger charge is 2.35. The van der Waals surface area contributed by atoms with Crippen molar-refractivity contribution in [2.24, 2.45) is 0 Å². The van der Waals surface area contributed by atoms with Crippen LogP contribution in [0.1, 0.15) is 25.0 Å². The van der Waals surface area contributed by atoms with Crippen molar-refractivity contribution in [2.75, 3.05) is 4.90 Å². The molecule has 1 heterocycles. The van der Waals surface area contributed by atoms with Gasteiger partial charge in [0, 0.05) is 34.9 Å². The standard InChI is InChI=1S/C44H34N2/c1-44(2)42-16-10-9-15-40(42)41-22-21-38(30-43(41)44)46(37-19-17-33(18-20-37)34-23-25-45-26-24-34)39-28-35(31-11-5-3-6-12-31)27-36(29-39)32-13-7-4-8-14-32/h3-30H,1-2H3. The van der Waals surface area contributed by atoms with E-state index in [1.165, 1.54) is 50.1 Å². The first kappa shape index (κ1) is 27.8. The maximum atomic E-state index is 4.21. The smallest absolute Gasteiger partial charge is 0.0473 e. The van der Waals surface area contributed by atoms with Crippen LogP contribution in [-0.2, 0) is 5.41 Å². The third-order valence-electron chi connectivity index (χ3n) is 9.35. The van der Waals surface area contributed by atoms with Gasteiger partial charge in [-0.1, -0.05) is 117 Å². The molecule has 2 nitrogen and oxygen atoms in total. The number of benzene rings is 6. The SMILES string of the molecule is CC1(C)c2ccccc2-c2ccc(N(c3ccc(-c4ccncc4)cc3)c3cc(-c4ccccc4)cc(-c4ccccc4)c3)cc21. The van der Waals surface area contributed by atoms with Crippen LogP contribution in [0.5, 0.6) is 0 Å². The van der Waals surface area contributed by atoms with Gasteiger partial charge in [-0.25, -0.2) is 0 Å². The van der Waals surface area contributed by atoms with E-state index < -0.39 is 0 Å². The van der Waals surface area contributed by atoms with E-state index in [2.05, 4.69) is 181 Å². The molecular formula is C44H34N2. The van der Waals surface area contributed by atoms with Gasteiger partial charge >= 0.3 is 0 Å². The molecule has 0 radical (unpaired) electrons. The summed E-state index contributed by atoms with van der Waals surface area (Å²) in [5.41, 5.74) is 15.7. The van der Waals surface area contributed by atoms with Gasteiger partial charge in [0.25, 0.3) is 0 Å². The van der Waals surface area contributed by atoms with Gasteiger partial charge < -0.3 is 4.90 Å². The van der Waals surface area contributed by atoms with Crippen LogP contribution in [0.2, 0.25) is 0 Å². The Labute approximate surface area is 271 Å². The quantitative estimate of drug-likeness (QED) is 0.191. The average Bonchev–Trinajstić information content (AvgIpc) is 3.35. The summed E-state index contributed by atoms with van der Waals surface area (Å²) in [6.07, 6.45) is 3.69. The molecule has 0 unspecified atom stereocenters. The highest BCUT2D eigenvalue weighted by atomic mass is 15.1. The lowest BCUT2D eigenvalue weighted by atomic mass is 9.82. The van der Waals surface area contributed by atoms with Crippen LogP contribution in [0.15, 0.2) is 170 Å². The van der Waals surface area contributed by atoms with Crippen molar-refractivity contribution in [3.63, 3.8) is 0 Å². The lowest BCUT2D eigenvalue weighted by molar-refractivity contribution is 0.660. The fourth-order valence-electron chi connectivity index (χ4n) is 6.96. The summed E-state index contributed by atoms with van der Waals surface area (Å²) >= 11 is 0. The molecule has 0 fully saturated rings. The van der Waals surface area contributed by atoms with Crippen molar-refractivity contribution in [3.8, 4) is 44.5 Å². The summed E-state index contributed by atoms with van der Waals surface area (Å²) in [6.45, 7) is 4.69. The largest absolute Gasteiger partial charge is 0.310 e. The topological polar surface area (TPSA) is 16.1 Å². The summed E-state index contributed by atoms with van der Waals surface area (Å²) < 4.78 is 0. The fraction of sp³-hybridized carbons (Fsp3) is 0.0682. The zero-order valence-electron chi connectivity index (χ0n) is 26.1. The van der Waals surface area contributed by atoms with Gasteiger partial charge in [0.1, 0.15) is 0 Å². The Bertz CT molecular complexity index is 2090. The second-order valence-electron chi connectivity index (χ2n) is 12.5. The Morgan fingerprint density at radius 3 is 1.57 bits per heavy atom. The lowest BCUT2D eigenvalue weighted by Gasteiger charge is -2.29. The fourth-order valence-corrected chi connectivity index (χ4v) is 6.96. The molecule has 0 saturated heterocycles. The van der Waals surface area contributed by atoms with Crippen molar-refractivity contribution < 1.29 is 0 Å². The molecule has 0 spiro atoms. The second kappa shape index (κ2) is 11.3. The van der Waals surface area contributed by atoms with Crippen LogP contribution >= 0.6 is 0 Å². The molecule has 220 valence electrons. The van der Waals surface area contributed by atoms with Crippen molar-refractivity contribution >= 4 is 17.1 Å². The molecule has 1 aliphatic carbocycles. The minimum atomic E-state index is -0.0973. The average molecular weight is 591 g/mol. The second-order valence-corrected chi connectivity index (χ2v) is 12.5. The number of anilines is 3. The minimum absolute atomic E-state index is 0.0973. The van der Waals surface area contributed by atoms with Crippen LogP contribution in [-0.4, -0.2) is 4.98 Å². The van der Waals surface area contributed by atoms with Crippen LogP contribution in [0, 0.1) is 0 Å². The van der Waals surface area contributed by atoms with Gasteiger partial charge in [0.05, 0.1) is 0 Å². The Hall–Kier alpha value is -5.73. The molecule has 7 aromatic rings. The Kier molecular flexibility index (Phi) is 6.84. The van der Waals surface area contributed by atoms with Gasteiger partial charge in [-0.05, 0) is 110 Å². The first-order chi connectivity index (χ1) is 22.6. The first-order valence-corrected chi connectivity index (χ1v) is 15.9. The van der Waals surface area contributed by atoms with Crippen LogP contribution in [0.4, 0.5) is 17.1 Å². The summed E-state index contributed by atoms with van der Waals surface area (Å²) in [5, 5.41) is 0. The number of hydrogen-bond acceptors (Lipinski definition) is 2. The molecule has 0 atom stereocenters. The maximum absolute atomic E-state index is 4.21. The van der Waals surface area contributed by atoms with Crippen molar-refractivity contribution in [1.29, 1.82) is 0 Å². The zero-order chi connectivity index (χ0) is 31.1. The van der Waals surface area contributed by atoms with Gasteiger partial charge in [-0.3, -0.25) is 4.98 Å². The van der Waals surface area contributed by atoms with Crippen LogP contribution in [0.3, 0.4) is 0 Å². The molecule has 1 aliphatic rings. The van der Waals surface area contributed by atoms with Gasteiger partial charge in [0.2, 0.25) is 0 Å². The molecular weight excluding hydrogens is 556 g/mol. The summed E-state index contributed by atoms with van der Waals surface area (Å²) in [7, 11) is 0. The number of aromatic nitrogens is 1. The lowest BCUT2D eigenvalue weighted by Crippen LogP contribution is -2.16. The van der Waals surface area contributed by atoms with E-state index in [4.69, 9.17) is 0 Å². The van der Waals surface area contributed by atoms with E-state index in [1.807, 2.05) is 12.4 Å². The van der Waals surface area contributed by atoms with Crippen LogP contribution < -0.4 is 4.90 Å². The highest BCUT2D eigenvalue weighted by molar-refractivity contribution is 5.88. The minimum Gasteiger partial charge on any atom is -0.310 e. The van der Waals surface area contributed by atoms with Crippen LogP contribution in [0.25, 0.3) is 44.5 Å². The van der Waals surface area contributed by atoms with E-state index in [1.54, 1.807) is 0 Å². The van der Waals surface area contributed by atoms with Crippen molar-refractivity contribution in [3.05, 3.63) is 181 Å². The predicted molar refractivity (Wildman–Crippen MR) is 193 cm³/mol. The molecule has 46 heavy (non-hydrogen) atoms. The molecule has 1 aromatic heterocycles. The highest BCUT2D eigenvalue weighted by Crippen LogP contribution is 2.51. The molecule has 0 N–H and O–H groups in total. The van der Waals surface area contributed by atoms with Crippen molar-refractivity contribution in [1.82, 2.24) is 4.98 Å². The number of hydrogen-bond donors (Lipinski definition) is 0. The summed E-state index contributed by atoms with van der Waals surface area (Å²) in [5.74, 6) is 0. The van der Waals surface area contributed by atoms with E-state index in [9.17, 15) is 0 Å². The number of pyridine rings is 1. The van der Waals surface area contributed by atoms with E-state index in [-0.39, 0.29) is 5.41 Å².